The number of H-pyrrole nitrogens is 1. The maximum Gasteiger partial charge on any atom is 0.268 e. The van der Waals surface area contributed by atoms with Gasteiger partial charge in [0.15, 0.2) is 0 Å². The number of rotatable bonds is 2. The van der Waals surface area contributed by atoms with Crippen LogP contribution in [0.2, 0.25) is 0 Å². The van der Waals surface area contributed by atoms with Gasteiger partial charge in [-0.2, -0.15) is 9.49 Å². The highest BCUT2D eigenvalue weighted by Crippen LogP contribution is 2.24. The monoisotopic (exact) mass is 212 g/mol. The topological polar surface area (TPSA) is 84.7 Å². The Balaban J connectivity index is 2.43. The number of nitrogens with one attached hydrogen (secondary N) is 1. The summed E-state index contributed by atoms with van der Waals surface area (Å²) in [6.45, 7) is 0. The molecule has 0 saturated heterocycles. The number of carbonyl (C=O) groups excluding carboxylic acids is 1. The molecule has 0 fully saturated rings. The third-order valence-corrected chi connectivity index (χ3v) is 2.46. The number of carbonyl (C=O) groups is 1. The standard InChI is InChI=1S/C7H5FN4OS/c8-5-3(1-10-12-5)7-11-4(2-14-7)6(9)13/h1-2H,(H2,9,13)(H,10,12). The summed E-state index contributed by atoms with van der Waals surface area (Å²) in [4.78, 5) is 14.6. The van der Waals surface area contributed by atoms with Gasteiger partial charge in [0.25, 0.3) is 5.91 Å². The van der Waals surface area contributed by atoms with Crippen molar-refractivity contribution in [3.8, 4) is 10.6 Å². The molecule has 2 aromatic heterocycles. The Labute approximate surface area is 81.8 Å². The van der Waals surface area contributed by atoms with Crippen molar-refractivity contribution in [3.05, 3.63) is 23.2 Å². The minimum absolute atomic E-state index is 0.130. The summed E-state index contributed by atoms with van der Waals surface area (Å²) in [5, 5.41) is 7.50. The van der Waals surface area contributed by atoms with Gasteiger partial charge >= 0.3 is 0 Å². The fourth-order valence-corrected chi connectivity index (χ4v) is 1.74. The van der Waals surface area contributed by atoms with Crippen LogP contribution in [0.1, 0.15) is 10.5 Å². The fraction of sp³-hybridized carbons (Fsp3) is 0. The molecule has 0 unspecified atom stereocenters. The molecule has 2 aromatic rings. The third-order valence-electron chi connectivity index (χ3n) is 1.58. The Morgan fingerprint density at radius 2 is 2.43 bits per heavy atom. The van der Waals surface area contributed by atoms with Crippen LogP contribution in [0.4, 0.5) is 4.39 Å². The summed E-state index contributed by atoms with van der Waals surface area (Å²) in [6.07, 6.45) is 1.30. The van der Waals surface area contributed by atoms with E-state index in [1.807, 2.05) is 0 Å². The molecule has 0 spiro atoms. The second kappa shape index (κ2) is 3.18. The van der Waals surface area contributed by atoms with E-state index < -0.39 is 11.9 Å². The van der Waals surface area contributed by atoms with Crippen molar-refractivity contribution in [3.63, 3.8) is 0 Å². The maximum absolute atomic E-state index is 13.0. The summed E-state index contributed by atoms with van der Waals surface area (Å²) < 4.78 is 13.0. The van der Waals surface area contributed by atoms with Crippen molar-refractivity contribution in [2.24, 2.45) is 5.73 Å². The summed E-state index contributed by atoms with van der Waals surface area (Å²) in [5.41, 5.74) is 5.38. The lowest BCUT2D eigenvalue weighted by Crippen LogP contribution is -2.10. The van der Waals surface area contributed by atoms with E-state index in [0.29, 0.717) is 5.01 Å². The van der Waals surface area contributed by atoms with Crippen LogP contribution in [-0.4, -0.2) is 21.1 Å². The molecule has 0 radical (unpaired) electrons. The number of halogens is 1. The van der Waals surface area contributed by atoms with Gasteiger partial charge < -0.3 is 5.73 Å². The van der Waals surface area contributed by atoms with E-state index in [1.165, 1.54) is 11.6 Å². The summed E-state index contributed by atoms with van der Waals surface area (Å²) in [7, 11) is 0. The maximum atomic E-state index is 13.0. The Bertz CT molecular complexity index is 477. The Kier molecular flexibility index (Phi) is 2.01. The van der Waals surface area contributed by atoms with Crippen molar-refractivity contribution in [1.29, 1.82) is 0 Å². The fourth-order valence-electron chi connectivity index (χ4n) is 0.930. The average molecular weight is 212 g/mol. The highest BCUT2D eigenvalue weighted by atomic mass is 32.1. The van der Waals surface area contributed by atoms with Gasteiger partial charge in [0.2, 0.25) is 5.95 Å². The third kappa shape index (κ3) is 1.37. The van der Waals surface area contributed by atoms with E-state index in [0.717, 1.165) is 11.3 Å². The molecular weight excluding hydrogens is 207 g/mol. The lowest BCUT2D eigenvalue weighted by atomic mass is 10.4. The zero-order valence-electron chi connectivity index (χ0n) is 6.82. The molecule has 0 aliphatic heterocycles. The number of hydrogen-bond acceptors (Lipinski definition) is 4. The lowest BCUT2D eigenvalue weighted by Gasteiger charge is -1.87. The predicted molar refractivity (Wildman–Crippen MR) is 48.2 cm³/mol. The Morgan fingerprint density at radius 1 is 1.64 bits per heavy atom. The van der Waals surface area contributed by atoms with Crippen molar-refractivity contribution >= 4 is 17.2 Å². The highest BCUT2D eigenvalue weighted by Gasteiger charge is 2.13. The Hall–Kier alpha value is -1.76. The Morgan fingerprint density at radius 3 is 2.93 bits per heavy atom. The molecular formula is C7H5FN4OS. The molecule has 0 atom stereocenters. The lowest BCUT2D eigenvalue weighted by molar-refractivity contribution is 0.0996. The minimum Gasteiger partial charge on any atom is -0.364 e. The SMILES string of the molecule is NC(=O)c1csc(-c2cn[nH]c2F)n1. The zero-order chi connectivity index (χ0) is 10.1. The smallest absolute Gasteiger partial charge is 0.268 e. The first kappa shape index (κ1) is 8.82. The number of nitrogens with zero attached hydrogens (tertiary/aromatic N) is 2. The van der Waals surface area contributed by atoms with E-state index in [-0.39, 0.29) is 11.3 Å². The number of thiazole rings is 1. The van der Waals surface area contributed by atoms with Crippen LogP contribution in [0.5, 0.6) is 0 Å². The predicted octanol–water partition coefficient (Wildman–Crippen LogP) is 0.771. The molecule has 0 aromatic carbocycles. The summed E-state index contributed by atoms with van der Waals surface area (Å²) in [6, 6.07) is 0. The molecule has 14 heavy (non-hydrogen) atoms. The van der Waals surface area contributed by atoms with Gasteiger partial charge in [0.1, 0.15) is 10.7 Å². The quantitative estimate of drug-likeness (QED) is 0.771. The van der Waals surface area contributed by atoms with E-state index >= 15 is 0 Å². The second-order valence-corrected chi connectivity index (χ2v) is 3.36. The van der Waals surface area contributed by atoms with Crippen molar-refractivity contribution in [2.75, 3.05) is 0 Å². The number of amides is 1. The molecule has 7 heteroatoms. The van der Waals surface area contributed by atoms with Crippen LogP contribution < -0.4 is 5.73 Å². The molecule has 3 N–H and O–H groups in total. The van der Waals surface area contributed by atoms with Crippen LogP contribution in [-0.2, 0) is 0 Å². The minimum atomic E-state index is -0.628. The second-order valence-electron chi connectivity index (χ2n) is 2.50. The number of aromatic nitrogens is 3. The van der Waals surface area contributed by atoms with Crippen LogP contribution >= 0.6 is 11.3 Å². The van der Waals surface area contributed by atoms with Gasteiger partial charge in [0.05, 0.1) is 11.8 Å². The van der Waals surface area contributed by atoms with Gasteiger partial charge in [-0.05, 0) is 0 Å². The first-order valence-electron chi connectivity index (χ1n) is 3.63. The largest absolute Gasteiger partial charge is 0.364 e. The number of primary amides is 1. The number of hydrogen-bond donors (Lipinski definition) is 2. The molecule has 5 nitrogen and oxygen atoms in total. The van der Waals surface area contributed by atoms with Gasteiger partial charge in [-0.3, -0.25) is 9.89 Å². The molecule has 72 valence electrons. The molecule has 1 amide bonds. The van der Waals surface area contributed by atoms with Crippen LogP contribution in [0.25, 0.3) is 10.6 Å². The number of aromatic amines is 1. The van der Waals surface area contributed by atoms with E-state index in [4.69, 9.17) is 5.73 Å². The molecule has 2 rings (SSSR count). The van der Waals surface area contributed by atoms with Crippen LogP contribution in [0, 0.1) is 5.95 Å². The highest BCUT2D eigenvalue weighted by molar-refractivity contribution is 7.13. The van der Waals surface area contributed by atoms with Crippen molar-refractivity contribution in [1.82, 2.24) is 15.2 Å². The van der Waals surface area contributed by atoms with Crippen LogP contribution in [0.3, 0.4) is 0 Å². The normalized spacial score (nSPS) is 10.4. The molecule has 0 aliphatic rings. The van der Waals surface area contributed by atoms with E-state index in [9.17, 15) is 9.18 Å². The zero-order valence-corrected chi connectivity index (χ0v) is 7.64. The van der Waals surface area contributed by atoms with Gasteiger partial charge in [-0.15, -0.1) is 11.3 Å². The summed E-state index contributed by atoms with van der Waals surface area (Å²) in [5.74, 6) is -1.20. The van der Waals surface area contributed by atoms with E-state index in [1.54, 1.807) is 0 Å². The van der Waals surface area contributed by atoms with Crippen LogP contribution in [0.15, 0.2) is 11.6 Å². The van der Waals surface area contributed by atoms with E-state index in [2.05, 4.69) is 15.2 Å². The first-order chi connectivity index (χ1) is 6.68. The summed E-state index contributed by atoms with van der Waals surface area (Å²) >= 11 is 1.14. The average Bonchev–Trinajstić information content (AvgIpc) is 2.71. The van der Waals surface area contributed by atoms with Gasteiger partial charge in [-0.1, -0.05) is 0 Å². The molecule has 0 aliphatic carbocycles. The van der Waals surface area contributed by atoms with Gasteiger partial charge in [-0.25, -0.2) is 4.98 Å². The molecule has 2 heterocycles. The van der Waals surface area contributed by atoms with Gasteiger partial charge in [0, 0.05) is 5.38 Å². The van der Waals surface area contributed by atoms with Crippen molar-refractivity contribution in [2.45, 2.75) is 0 Å². The molecule has 0 bridgehead atoms. The molecule has 0 saturated carbocycles. The number of nitrogens with two attached hydrogens (primary N) is 1. The first-order valence-corrected chi connectivity index (χ1v) is 4.51. The van der Waals surface area contributed by atoms with Crippen molar-refractivity contribution < 1.29 is 9.18 Å².